The molecule has 114 valence electrons. The summed E-state index contributed by atoms with van der Waals surface area (Å²) in [6.45, 7) is 0.537. The minimum atomic E-state index is -0.861. The number of hydrogen-bond donors (Lipinski definition) is 2. The summed E-state index contributed by atoms with van der Waals surface area (Å²) in [5.41, 5.74) is 1.20. The van der Waals surface area contributed by atoms with Gasteiger partial charge in [0, 0.05) is 6.54 Å². The van der Waals surface area contributed by atoms with E-state index in [1.807, 2.05) is 18.2 Å². The van der Waals surface area contributed by atoms with E-state index in [0.717, 1.165) is 6.42 Å². The lowest BCUT2D eigenvalue weighted by molar-refractivity contribution is -0.152. The van der Waals surface area contributed by atoms with Gasteiger partial charge in [0.2, 0.25) is 5.91 Å². The van der Waals surface area contributed by atoms with Crippen LogP contribution in [0.3, 0.4) is 0 Å². The lowest BCUT2D eigenvalue weighted by Crippen LogP contribution is -2.44. The monoisotopic (exact) mass is 297 g/mol. The van der Waals surface area contributed by atoms with E-state index in [4.69, 9.17) is 5.11 Å². The zero-order chi connectivity index (χ0) is 15.5. The van der Waals surface area contributed by atoms with Gasteiger partial charge in [-0.05, 0) is 35.6 Å². The fraction of sp³-hybridized carbons (Fsp3) is 0.333. The van der Waals surface area contributed by atoms with Crippen LogP contribution in [-0.4, -0.2) is 23.5 Å². The van der Waals surface area contributed by atoms with E-state index in [9.17, 15) is 9.59 Å². The number of benzene rings is 2. The Bertz CT molecular complexity index is 705. The van der Waals surface area contributed by atoms with Gasteiger partial charge in [0.15, 0.2) is 0 Å². The van der Waals surface area contributed by atoms with Gasteiger partial charge in [-0.2, -0.15) is 0 Å². The van der Waals surface area contributed by atoms with Crippen molar-refractivity contribution in [1.82, 2.24) is 5.32 Å². The van der Waals surface area contributed by atoms with Crippen LogP contribution in [-0.2, 0) is 16.0 Å². The number of carboxylic acid groups (broad SMARTS) is 1. The number of carbonyl (C=O) groups is 2. The third-order valence-corrected chi connectivity index (χ3v) is 4.50. The highest BCUT2D eigenvalue weighted by atomic mass is 16.4. The Labute approximate surface area is 129 Å². The van der Waals surface area contributed by atoms with Crippen molar-refractivity contribution in [2.75, 3.05) is 6.54 Å². The zero-order valence-electron chi connectivity index (χ0n) is 12.3. The smallest absolute Gasteiger partial charge is 0.307 e. The Balaban J connectivity index is 1.59. The zero-order valence-corrected chi connectivity index (χ0v) is 12.3. The van der Waals surface area contributed by atoms with Crippen molar-refractivity contribution >= 4 is 22.6 Å². The maximum atomic E-state index is 12.0. The molecule has 1 aliphatic carbocycles. The second-order valence-electron chi connectivity index (χ2n) is 5.81. The van der Waals surface area contributed by atoms with Crippen LogP contribution in [0.1, 0.15) is 18.4 Å². The van der Waals surface area contributed by atoms with Crippen LogP contribution in [0.15, 0.2) is 42.5 Å². The molecule has 2 atom stereocenters. The molecule has 0 bridgehead atoms. The first-order chi connectivity index (χ1) is 10.7. The van der Waals surface area contributed by atoms with Gasteiger partial charge < -0.3 is 10.4 Å². The Hall–Kier alpha value is -2.36. The molecule has 0 aliphatic heterocycles. The number of fused-ring (bicyclic) bond motifs is 1. The summed E-state index contributed by atoms with van der Waals surface area (Å²) < 4.78 is 0. The van der Waals surface area contributed by atoms with Crippen molar-refractivity contribution < 1.29 is 14.7 Å². The van der Waals surface area contributed by atoms with Crippen LogP contribution >= 0.6 is 0 Å². The van der Waals surface area contributed by atoms with E-state index in [2.05, 4.69) is 29.6 Å². The topological polar surface area (TPSA) is 66.4 Å². The molecule has 1 saturated carbocycles. The van der Waals surface area contributed by atoms with Crippen molar-refractivity contribution in [3.63, 3.8) is 0 Å². The normalized spacial score (nSPS) is 20.4. The summed E-state index contributed by atoms with van der Waals surface area (Å²) in [4.78, 5) is 23.0. The Morgan fingerprint density at radius 3 is 2.50 bits per heavy atom. The summed E-state index contributed by atoms with van der Waals surface area (Å²) in [5, 5.41) is 14.3. The quantitative estimate of drug-likeness (QED) is 0.891. The van der Waals surface area contributed by atoms with E-state index < -0.39 is 11.9 Å². The molecule has 0 spiro atoms. The van der Waals surface area contributed by atoms with Gasteiger partial charge in [-0.1, -0.05) is 42.5 Å². The van der Waals surface area contributed by atoms with Gasteiger partial charge in [0.25, 0.3) is 0 Å². The maximum absolute atomic E-state index is 12.0. The summed E-state index contributed by atoms with van der Waals surface area (Å²) in [6.07, 6.45) is 2.03. The predicted molar refractivity (Wildman–Crippen MR) is 84.5 cm³/mol. The number of amides is 1. The lowest BCUT2D eigenvalue weighted by atomic mass is 9.73. The summed E-state index contributed by atoms with van der Waals surface area (Å²) >= 11 is 0. The highest BCUT2D eigenvalue weighted by Gasteiger charge is 2.41. The summed E-state index contributed by atoms with van der Waals surface area (Å²) in [6, 6.07) is 14.3. The average Bonchev–Trinajstić information content (AvgIpc) is 2.45. The Kier molecular flexibility index (Phi) is 4.09. The van der Waals surface area contributed by atoms with Crippen LogP contribution in [0.5, 0.6) is 0 Å². The number of rotatable bonds is 5. The first kappa shape index (κ1) is 14.6. The minimum absolute atomic E-state index is 0.126. The van der Waals surface area contributed by atoms with E-state index in [1.54, 1.807) is 0 Å². The van der Waals surface area contributed by atoms with Crippen LogP contribution in [0, 0.1) is 11.8 Å². The van der Waals surface area contributed by atoms with E-state index in [0.29, 0.717) is 19.4 Å². The molecule has 2 aromatic carbocycles. The molecule has 2 N–H and O–H groups in total. The molecule has 1 amide bonds. The third kappa shape index (κ3) is 2.82. The summed E-state index contributed by atoms with van der Waals surface area (Å²) in [7, 11) is 0. The van der Waals surface area contributed by atoms with Gasteiger partial charge in [-0.3, -0.25) is 9.59 Å². The number of hydrogen-bond acceptors (Lipinski definition) is 2. The second-order valence-corrected chi connectivity index (χ2v) is 5.81. The number of carboxylic acids is 1. The average molecular weight is 297 g/mol. The van der Waals surface area contributed by atoms with Crippen LogP contribution in [0.2, 0.25) is 0 Å². The molecule has 0 radical (unpaired) electrons. The van der Waals surface area contributed by atoms with Crippen molar-refractivity contribution in [3.8, 4) is 0 Å². The standard InChI is InChI=1S/C18H19NO3/c20-17(15-8-9-16(15)18(21)22)19-11-10-13-6-3-5-12-4-1-2-7-14(12)13/h1-7,15-16H,8-11H2,(H,19,20)(H,21,22). The molecule has 3 rings (SSSR count). The number of aliphatic carboxylic acids is 1. The number of nitrogens with one attached hydrogen (secondary N) is 1. The van der Waals surface area contributed by atoms with Gasteiger partial charge >= 0.3 is 5.97 Å². The SMILES string of the molecule is O=C(O)C1CCC1C(=O)NCCc1cccc2ccccc12. The molecule has 0 saturated heterocycles. The molecule has 0 aromatic heterocycles. The lowest BCUT2D eigenvalue weighted by Gasteiger charge is -2.31. The summed E-state index contributed by atoms with van der Waals surface area (Å²) in [5.74, 6) is -1.85. The molecule has 1 fully saturated rings. The van der Waals surface area contributed by atoms with Gasteiger partial charge in [-0.25, -0.2) is 0 Å². The van der Waals surface area contributed by atoms with Crippen molar-refractivity contribution in [2.24, 2.45) is 11.8 Å². The highest BCUT2D eigenvalue weighted by molar-refractivity contribution is 5.87. The molecular weight excluding hydrogens is 278 g/mol. The van der Waals surface area contributed by atoms with E-state index in [-0.39, 0.29) is 11.8 Å². The fourth-order valence-corrected chi connectivity index (χ4v) is 3.07. The van der Waals surface area contributed by atoms with Crippen LogP contribution in [0.25, 0.3) is 10.8 Å². The Morgan fingerprint density at radius 2 is 1.77 bits per heavy atom. The van der Waals surface area contributed by atoms with Crippen molar-refractivity contribution in [1.29, 1.82) is 0 Å². The molecule has 2 aromatic rings. The highest BCUT2D eigenvalue weighted by Crippen LogP contribution is 2.34. The van der Waals surface area contributed by atoms with Gasteiger partial charge in [-0.15, -0.1) is 0 Å². The van der Waals surface area contributed by atoms with Gasteiger partial charge in [0.1, 0.15) is 0 Å². The first-order valence-electron chi connectivity index (χ1n) is 7.64. The van der Waals surface area contributed by atoms with Crippen molar-refractivity contribution in [2.45, 2.75) is 19.3 Å². The predicted octanol–water partition coefficient (Wildman–Crippen LogP) is 2.61. The molecule has 0 heterocycles. The molecule has 4 heteroatoms. The van der Waals surface area contributed by atoms with Gasteiger partial charge in [0.05, 0.1) is 11.8 Å². The fourth-order valence-electron chi connectivity index (χ4n) is 3.07. The molecule has 2 unspecified atom stereocenters. The molecular formula is C18H19NO3. The second kappa shape index (κ2) is 6.18. The molecule has 22 heavy (non-hydrogen) atoms. The molecule has 1 aliphatic rings. The maximum Gasteiger partial charge on any atom is 0.307 e. The minimum Gasteiger partial charge on any atom is -0.481 e. The van der Waals surface area contributed by atoms with Crippen LogP contribution < -0.4 is 5.32 Å². The van der Waals surface area contributed by atoms with E-state index >= 15 is 0 Å². The largest absolute Gasteiger partial charge is 0.481 e. The number of carbonyl (C=O) groups excluding carboxylic acids is 1. The van der Waals surface area contributed by atoms with E-state index in [1.165, 1.54) is 16.3 Å². The third-order valence-electron chi connectivity index (χ3n) is 4.50. The molecule has 4 nitrogen and oxygen atoms in total. The van der Waals surface area contributed by atoms with Crippen molar-refractivity contribution in [3.05, 3.63) is 48.0 Å². The Morgan fingerprint density at radius 1 is 1.05 bits per heavy atom. The first-order valence-corrected chi connectivity index (χ1v) is 7.64. The van der Waals surface area contributed by atoms with Crippen LogP contribution in [0.4, 0.5) is 0 Å².